The van der Waals surface area contributed by atoms with Crippen LogP contribution in [0.25, 0.3) is 97.4 Å². The molecule has 3 heterocycles. The van der Waals surface area contributed by atoms with Crippen molar-refractivity contribution in [1.82, 2.24) is 9.13 Å². The Hall–Kier alpha value is -6.42. The number of nitrogens with zero attached hydrogens (tertiary/aromatic N) is 2. The van der Waals surface area contributed by atoms with Crippen molar-refractivity contribution in [2.24, 2.45) is 0 Å². The van der Waals surface area contributed by atoms with Crippen LogP contribution >= 0.6 is 11.3 Å². The lowest BCUT2D eigenvalue weighted by Gasteiger charge is -2.10. The largest absolute Gasteiger partial charge is 0.309 e. The molecule has 238 valence electrons. The Balaban J connectivity index is 1.13. The first-order valence-electron chi connectivity index (χ1n) is 17.4. The highest BCUT2D eigenvalue weighted by Gasteiger charge is 2.18. The minimum absolute atomic E-state index is 1.17. The molecule has 0 saturated heterocycles. The molecule has 0 aliphatic rings. The fraction of sp³-hybridized carbons (Fsp3) is 0. The fourth-order valence-electron chi connectivity index (χ4n) is 8.25. The van der Waals surface area contributed by atoms with Crippen LogP contribution in [0.2, 0.25) is 0 Å². The summed E-state index contributed by atoms with van der Waals surface area (Å²) in [6.45, 7) is 0. The van der Waals surface area contributed by atoms with Crippen molar-refractivity contribution in [3.05, 3.63) is 182 Å². The molecule has 0 spiro atoms. The van der Waals surface area contributed by atoms with Gasteiger partial charge in [-0.3, -0.25) is 0 Å². The van der Waals surface area contributed by atoms with Gasteiger partial charge >= 0.3 is 0 Å². The van der Waals surface area contributed by atoms with Gasteiger partial charge in [-0.05, 0) is 95.1 Å². The zero-order valence-corrected chi connectivity index (χ0v) is 28.4. The Bertz CT molecular complexity index is 3130. The molecule has 51 heavy (non-hydrogen) atoms. The van der Waals surface area contributed by atoms with E-state index in [4.69, 9.17) is 0 Å². The lowest BCUT2D eigenvalue weighted by molar-refractivity contribution is 1.18. The van der Waals surface area contributed by atoms with Crippen molar-refractivity contribution in [2.45, 2.75) is 0 Å². The zero-order chi connectivity index (χ0) is 33.5. The summed E-state index contributed by atoms with van der Waals surface area (Å²) < 4.78 is 7.49. The van der Waals surface area contributed by atoms with Gasteiger partial charge in [0.25, 0.3) is 0 Å². The summed E-state index contributed by atoms with van der Waals surface area (Å²) in [7, 11) is 0. The topological polar surface area (TPSA) is 9.86 Å². The maximum Gasteiger partial charge on any atom is 0.0547 e. The van der Waals surface area contributed by atoms with Crippen molar-refractivity contribution < 1.29 is 0 Å². The van der Waals surface area contributed by atoms with Crippen LogP contribution in [0.3, 0.4) is 0 Å². The van der Waals surface area contributed by atoms with Crippen LogP contribution in [0.4, 0.5) is 0 Å². The molecule has 2 nitrogen and oxygen atoms in total. The van der Waals surface area contributed by atoms with Crippen molar-refractivity contribution in [2.75, 3.05) is 0 Å². The van der Waals surface area contributed by atoms with Crippen LogP contribution < -0.4 is 0 Å². The highest BCUT2D eigenvalue weighted by molar-refractivity contribution is 7.25. The Morgan fingerprint density at radius 1 is 0.314 bits per heavy atom. The predicted octanol–water partition coefficient (Wildman–Crippen LogP) is 13.6. The quantitative estimate of drug-likeness (QED) is 0.177. The second-order valence-electron chi connectivity index (χ2n) is 13.3. The third kappa shape index (κ3) is 4.29. The first kappa shape index (κ1) is 28.4. The molecule has 0 aliphatic carbocycles. The van der Waals surface area contributed by atoms with Crippen LogP contribution in [0, 0.1) is 0 Å². The van der Waals surface area contributed by atoms with E-state index in [2.05, 4.69) is 191 Å². The van der Waals surface area contributed by atoms with Crippen molar-refractivity contribution >= 4 is 75.1 Å². The Labute approximate surface area is 298 Å². The Morgan fingerprint density at radius 2 is 0.922 bits per heavy atom. The number of fused-ring (bicyclic) bond motifs is 9. The summed E-state index contributed by atoms with van der Waals surface area (Å²) in [6.07, 6.45) is 0. The van der Waals surface area contributed by atoms with Crippen LogP contribution in [0.5, 0.6) is 0 Å². The average Bonchev–Trinajstić information content (AvgIpc) is 3.85. The number of hydrogen-bond acceptors (Lipinski definition) is 1. The number of aromatic nitrogens is 2. The first-order valence-corrected chi connectivity index (χ1v) is 18.3. The third-order valence-electron chi connectivity index (χ3n) is 10.5. The third-order valence-corrected chi connectivity index (χ3v) is 11.7. The van der Waals surface area contributed by atoms with Gasteiger partial charge < -0.3 is 9.13 Å². The molecule has 11 rings (SSSR count). The van der Waals surface area contributed by atoms with Gasteiger partial charge in [0.05, 0.1) is 22.1 Å². The highest BCUT2D eigenvalue weighted by atomic mass is 32.1. The lowest BCUT2D eigenvalue weighted by atomic mass is 9.97. The molecule has 0 atom stereocenters. The van der Waals surface area contributed by atoms with Crippen LogP contribution in [-0.4, -0.2) is 9.13 Å². The van der Waals surface area contributed by atoms with Gasteiger partial charge in [0.15, 0.2) is 0 Å². The monoisotopic (exact) mass is 666 g/mol. The molecule has 0 radical (unpaired) electrons. The number of benzene rings is 8. The van der Waals surface area contributed by atoms with E-state index >= 15 is 0 Å². The van der Waals surface area contributed by atoms with Gasteiger partial charge in [0.2, 0.25) is 0 Å². The molecule has 3 heteroatoms. The van der Waals surface area contributed by atoms with Crippen LogP contribution in [-0.2, 0) is 0 Å². The van der Waals surface area contributed by atoms with Crippen molar-refractivity contribution in [3.8, 4) is 33.6 Å². The molecular formula is C48H30N2S. The summed E-state index contributed by atoms with van der Waals surface area (Å²) in [4.78, 5) is 0. The highest BCUT2D eigenvalue weighted by Crippen LogP contribution is 2.42. The Morgan fingerprint density at radius 3 is 1.75 bits per heavy atom. The van der Waals surface area contributed by atoms with Gasteiger partial charge in [0.1, 0.15) is 0 Å². The second-order valence-corrected chi connectivity index (χ2v) is 14.4. The zero-order valence-electron chi connectivity index (χ0n) is 27.6. The number of rotatable bonds is 4. The molecule has 8 aromatic carbocycles. The predicted molar refractivity (Wildman–Crippen MR) is 219 cm³/mol. The number of para-hydroxylation sites is 2. The first-order chi connectivity index (χ1) is 25.3. The lowest BCUT2D eigenvalue weighted by Crippen LogP contribution is -1.93. The van der Waals surface area contributed by atoms with E-state index in [0.29, 0.717) is 0 Å². The molecule has 0 N–H and O–H groups in total. The van der Waals surface area contributed by atoms with Gasteiger partial charge in [-0.15, -0.1) is 11.3 Å². The summed E-state index contributed by atoms with van der Waals surface area (Å²) >= 11 is 1.86. The van der Waals surface area contributed by atoms with E-state index in [1.807, 2.05) is 11.3 Å². The molecular weight excluding hydrogens is 637 g/mol. The van der Waals surface area contributed by atoms with E-state index in [-0.39, 0.29) is 0 Å². The van der Waals surface area contributed by atoms with E-state index in [0.717, 1.165) is 0 Å². The van der Waals surface area contributed by atoms with E-state index in [1.165, 1.54) is 97.4 Å². The van der Waals surface area contributed by atoms with E-state index < -0.39 is 0 Å². The van der Waals surface area contributed by atoms with Crippen LogP contribution in [0.15, 0.2) is 182 Å². The summed E-state index contributed by atoms with van der Waals surface area (Å²) in [5.41, 5.74) is 12.1. The summed E-state index contributed by atoms with van der Waals surface area (Å²) in [5.74, 6) is 0. The standard InChI is InChI=1S/C48H30N2S/c1-3-12-31(13-4-1)36-18-11-20-45-48(36)41-29-33(23-26-44(41)49(45)34-14-5-2-6-15-34)32-22-25-43-39(28-32)37-16-7-9-19-42(37)50(43)35-24-27-47-40(30-35)38-17-8-10-21-46(38)51-47/h1-30H. The minimum Gasteiger partial charge on any atom is -0.309 e. The minimum atomic E-state index is 1.17. The van der Waals surface area contributed by atoms with Crippen molar-refractivity contribution in [3.63, 3.8) is 0 Å². The average molecular weight is 667 g/mol. The molecule has 0 bridgehead atoms. The summed E-state index contributed by atoms with van der Waals surface area (Å²) in [5, 5.41) is 7.69. The molecule has 3 aromatic heterocycles. The molecule has 0 saturated carbocycles. The van der Waals surface area contributed by atoms with Gasteiger partial charge in [0, 0.05) is 53.1 Å². The van der Waals surface area contributed by atoms with E-state index in [1.54, 1.807) is 0 Å². The molecule has 0 fully saturated rings. The smallest absolute Gasteiger partial charge is 0.0547 e. The molecule has 11 aromatic rings. The fourth-order valence-corrected chi connectivity index (χ4v) is 9.33. The second kappa shape index (κ2) is 11.0. The normalized spacial score (nSPS) is 11.9. The molecule has 0 amide bonds. The van der Waals surface area contributed by atoms with E-state index in [9.17, 15) is 0 Å². The SMILES string of the molecule is c1ccc(-c2cccc3c2c2cc(-c4ccc5c(c4)c4ccccc4n5-c4ccc5sc6ccccc6c5c4)ccc2n3-c2ccccc2)cc1. The summed E-state index contributed by atoms with van der Waals surface area (Å²) in [6, 6.07) is 66.7. The number of thiophene rings is 1. The number of hydrogen-bond donors (Lipinski definition) is 0. The maximum atomic E-state index is 2.43. The van der Waals surface area contributed by atoms with Crippen LogP contribution in [0.1, 0.15) is 0 Å². The van der Waals surface area contributed by atoms with Gasteiger partial charge in [-0.1, -0.05) is 109 Å². The van der Waals surface area contributed by atoms with Gasteiger partial charge in [-0.2, -0.15) is 0 Å². The maximum absolute atomic E-state index is 2.43. The Kier molecular flexibility index (Phi) is 6.16. The molecule has 0 unspecified atom stereocenters. The van der Waals surface area contributed by atoms with Crippen molar-refractivity contribution in [1.29, 1.82) is 0 Å². The molecule has 0 aliphatic heterocycles. The van der Waals surface area contributed by atoms with Gasteiger partial charge in [-0.25, -0.2) is 0 Å².